The number of nitrogens with one attached hydrogen (secondary N) is 1. The van der Waals surface area contributed by atoms with E-state index in [0.29, 0.717) is 37.6 Å². The fourth-order valence-electron chi connectivity index (χ4n) is 4.53. The lowest BCUT2D eigenvalue weighted by Crippen LogP contribution is -2.28. The molecule has 2 heterocycles. The molecule has 1 N–H and O–H groups in total. The number of benzene rings is 2. The first-order valence-electron chi connectivity index (χ1n) is 12.3. The number of hydrogen-bond donors (Lipinski definition) is 1. The van der Waals surface area contributed by atoms with E-state index in [-0.39, 0.29) is 10.8 Å². The van der Waals surface area contributed by atoms with Gasteiger partial charge in [0.2, 0.25) is 10.0 Å². The van der Waals surface area contributed by atoms with E-state index < -0.39 is 10.0 Å². The van der Waals surface area contributed by atoms with Crippen molar-refractivity contribution >= 4 is 15.9 Å². The normalized spacial score (nSPS) is 17.9. The molecule has 0 aliphatic carbocycles. The third-order valence-electron chi connectivity index (χ3n) is 6.50. The van der Waals surface area contributed by atoms with Crippen molar-refractivity contribution in [3.63, 3.8) is 0 Å². The van der Waals surface area contributed by atoms with Gasteiger partial charge in [0.15, 0.2) is 0 Å². The van der Waals surface area contributed by atoms with Crippen molar-refractivity contribution in [1.82, 2.24) is 14.5 Å². The van der Waals surface area contributed by atoms with Gasteiger partial charge in [-0.1, -0.05) is 25.0 Å². The minimum absolute atomic E-state index is 0.128. The lowest BCUT2D eigenvalue weighted by molar-refractivity contribution is 0.0947. The molecule has 184 valence electrons. The Bertz CT molecular complexity index is 1020. The first kappa shape index (κ1) is 24.7. The van der Waals surface area contributed by atoms with Gasteiger partial charge in [0.25, 0.3) is 5.91 Å². The van der Waals surface area contributed by atoms with Crippen LogP contribution in [-0.2, 0) is 16.6 Å². The van der Waals surface area contributed by atoms with Gasteiger partial charge in [-0.25, -0.2) is 8.42 Å². The van der Waals surface area contributed by atoms with Crippen molar-refractivity contribution in [1.29, 1.82) is 0 Å². The van der Waals surface area contributed by atoms with Crippen LogP contribution < -0.4 is 10.1 Å². The Balaban J connectivity index is 1.19. The van der Waals surface area contributed by atoms with Crippen LogP contribution in [0.4, 0.5) is 0 Å². The molecule has 2 aromatic carbocycles. The van der Waals surface area contributed by atoms with Crippen LogP contribution in [0.5, 0.6) is 5.75 Å². The molecule has 1 amide bonds. The maximum Gasteiger partial charge on any atom is 0.251 e. The number of carbonyl (C=O) groups is 1. The molecule has 34 heavy (non-hydrogen) atoms. The van der Waals surface area contributed by atoms with Gasteiger partial charge in [0.1, 0.15) is 12.4 Å². The number of amides is 1. The molecule has 2 saturated heterocycles. The highest BCUT2D eigenvalue weighted by Gasteiger charge is 2.26. The summed E-state index contributed by atoms with van der Waals surface area (Å²) in [6, 6.07) is 14.3. The Morgan fingerprint density at radius 1 is 0.824 bits per heavy atom. The summed E-state index contributed by atoms with van der Waals surface area (Å²) in [6.45, 7) is 5.08. The monoisotopic (exact) mass is 485 g/mol. The van der Waals surface area contributed by atoms with Crippen molar-refractivity contribution in [2.75, 3.05) is 39.3 Å². The highest BCUT2D eigenvalue weighted by atomic mass is 32.2. The van der Waals surface area contributed by atoms with E-state index in [1.807, 2.05) is 24.3 Å². The average molecular weight is 486 g/mol. The zero-order valence-electron chi connectivity index (χ0n) is 19.7. The second-order valence-corrected chi connectivity index (χ2v) is 11.0. The van der Waals surface area contributed by atoms with Crippen LogP contribution in [0.25, 0.3) is 0 Å². The van der Waals surface area contributed by atoms with Crippen molar-refractivity contribution < 1.29 is 17.9 Å². The van der Waals surface area contributed by atoms with Crippen molar-refractivity contribution in [2.45, 2.75) is 50.0 Å². The van der Waals surface area contributed by atoms with Gasteiger partial charge in [0.05, 0.1) is 11.4 Å². The molecule has 0 saturated carbocycles. The van der Waals surface area contributed by atoms with E-state index in [4.69, 9.17) is 4.74 Å². The first-order chi connectivity index (χ1) is 16.5. The van der Waals surface area contributed by atoms with Crippen LogP contribution in [0.3, 0.4) is 0 Å². The summed E-state index contributed by atoms with van der Waals surface area (Å²) < 4.78 is 32.4. The van der Waals surface area contributed by atoms with Gasteiger partial charge in [-0.15, -0.1) is 0 Å². The molecule has 0 bridgehead atoms. The zero-order valence-corrected chi connectivity index (χ0v) is 20.6. The molecule has 0 unspecified atom stereocenters. The second kappa shape index (κ2) is 11.8. The first-order valence-corrected chi connectivity index (χ1v) is 13.8. The van der Waals surface area contributed by atoms with Crippen LogP contribution >= 0.6 is 0 Å². The Kier molecular flexibility index (Phi) is 8.59. The van der Waals surface area contributed by atoms with Gasteiger partial charge in [-0.05, 0) is 80.7 Å². The minimum atomic E-state index is -3.42. The Hall–Kier alpha value is -2.42. The molecule has 2 aliphatic heterocycles. The molecule has 0 aromatic heterocycles. The van der Waals surface area contributed by atoms with Crippen LogP contribution in [0.15, 0.2) is 53.4 Å². The number of nitrogens with zero attached hydrogens (tertiary/aromatic N) is 2. The summed E-state index contributed by atoms with van der Waals surface area (Å²) in [6.07, 6.45) is 7.01. The number of carbonyl (C=O) groups excluding carboxylic acids is 1. The largest absolute Gasteiger partial charge is 0.492 e. The summed E-state index contributed by atoms with van der Waals surface area (Å²) in [4.78, 5) is 15.2. The van der Waals surface area contributed by atoms with E-state index in [2.05, 4.69) is 10.2 Å². The third-order valence-corrected chi connectivity index (χ3v) is 8.42. The Labute approximate surface area is 203 Å². The number of sulfonamides is 1. The van der Waals surface area contributed by atoms with E-state index >= 15 is 0 Å². The fourth-order valence-corrected chi connectivity index (χ4v) is 6.05. The van der Waals surface area contributed by atoms with Crippen molar-refractivity contribution in [3.05, 3.63) is 59.7 Å². The summed E-state index contributed by atoms with van der Waals surface area (Å²) in [5.41, 5.74) is 1.87. The minimum Gasteiger partial charge on any atom is -0.492 e. The predicted molar refractivity (Wildman–Crippen MR) is 132 cm³/mol. The molecule has 2 fully saturated rings. The molecule has 0 spiro atoms. The fraction of sp³-hybridized carbons (Fsp3) is 0.500. The van der Waals surface area contributed by atoms with Crippen LogP contribution in [0.1, 0.15) is 54.4 Å². The molecule has 7 nitrogen and oxygen atoms in total. The lowest BCUT2D eigenvalue weighted by Gasteiger charge is -2.19. The highest BCUT2D eigenvalue weighted by Crippen LogP contribution is 2.23. The average Bonchev–Trinajstić information content (AvgIpc) is 3.29. The van der Waals surface area contributed by atoms with E-state index in [1.54, 1.807) is 24.3 Å². The molecule has 8 heteroatoms. The van der Waals surface area contributed by atoms with Gasteiger partial charge >= 0.3 is 0 Å². The van der Waals surface area contributed by atoms with Gasteiger partial charge < -0.3 is 10.1 Å². The molecular formula is C26H35N3O4S. The third kappa shape index (κ3) is 6.58. The van der Waals surface area contributed by atoms with E-state index in [0.717, 1.165) is 32.5 Å². The smallest absolute Gasteiger partial charge is 0.251 e. The lowest BCUT2D eigenvalue weighted by atomic mass is 10.1. The summed E-state index contributed by atoms with van der Waals surface area (Å²) in [5.74, 6) is 0.449. The molecule has 0 radical (unpaired) electrons. The quantitative estimate of drug-likeness (QED) is 0.549. The topological polar surface area (TPSA) is 78.9 Å². The number of ether oxygens (including phenoxy) is 1. The van der Waals surface area contributed by atoms with Crippen molar-refractivity contribution in [2.24, 2.45) is 0 Å². The van der Waals surface area contributed by atoms with Gasteiger partial charge in [-0.3, -0.25) is 9.69 Å². The Morgan fingerprint density at radius 3 is 2.09 bits per heavy atom. The highest BCUT2D eigenvalue weighted by molar-refractivity contribution is 7.89. The number of likely N-dealkylation sites (tertiary alicyclic amines) is 1. The zero-order chi connectivity index (χ0) is 23.8. The molecule has 2 aliphatic rings. The van der Waals surface area contributed by atoms with E-state index in [9.17, 15) is 13.2 Å². The summed E-state index contributed by atoms with van der Waals surface area (Å²) in [5, 5.41) is 2.87. The molecular weight excluding hydrogens is 450 g/mol. The number of rotatable bonds is 9. The maximum atomic E-state index is 12.6. The second-order valence-electron chi connectivity index (χ2n) is 9.07. The van der Waals surface area contributed by atoms with Crippen molar-refractivity contribution in [3.8, 4) is 5.75 Å². The molecule has 2 aromatic rings. The predicted octanol–water partition coefficient (Wildman–Crippen LogP) is 3.66. The summed E-state index contributed by atoms with van der Waals surface area (Å²) >= 11 is 0. The van der Waals surface area contributed by atoms with Gasteiger partial charge in [0, 0.05) is 25.2 Å². The van der Waals surface area contributed by atoms with Gasteiger partial charge in [-0.2, -0.15) is 4.31 Å². The maximum absolute atomic E-state index is 12.6. The standard InChI is InChI=1S/C26H35N3O4S/c30-26(23-9-7-22(8-10-23)21-28-16-3-1-2-4-17-28)27-15-20-33-24-11-13-25(14-12-24)34(31,32)29-18-5-6-19-29/h7-14H,1-6,15-21H2,(H,27,30). The van der Waals surface area contributed by atoms with Crippen LogP contribution in [0, 0.1) is 0 Å². The summed E-state index contributed by atoms with van der Waals surface area (Å²) in [7, 11) is -3.42. The number of hydrogen-bond acceptors (Lipinski definition) is 5. The Morgan fingerprint density at radius 2 is 1.44 bits per heavy atom. The molecule has 0 atom stereocenters. The van der Waals surface area contributed by atoms with Crippen LogP contribution in [-0.4, -0.2) is 62.9 Å². The SMILES string of the molecule is O=C(NCCOc1ccc(S(=O)(=O)N2CCCC2)cc1)c1ccc(CN2CCCCCC2)cc1. The van der Waals surface area contributed by atoms with Crippen LogP contribution in [0.2, 0.25) is 0 Å². The molecule has 4 rings (SSSR count). The van der Waals surface area contributed by atoms with E-state index in [1.165, 1.54) is 35.6 Å².